The van der Waals surface area contributed by atoms with Crippen molar-refractivity contribution in [2.24, 2.45) is 5.92 Å². The van der Waals surface area contributed by atoms with Crippen LogP contribution in [0.15, 0.2) is 24.3 Å². The van der Waals surface area contributed by atoms with Gasteiger partial charge in [0.2, 0.25) is 0 Å². The fourth-order valence-electron chi connectivity index (χ4n) is 1.45. The van der Waals surface area contributed by atoms with E-state index in [4.69, 9.17) is 4.74 Å². The van der Waals surface area contributed by atoms with Crippen LogP contribution >= 0.6 is 0 Å². The molecule has 0 aromatic heterocycles. The van der Waals surface area contributed by atoms with Crippen molar-refractivity contribution in [1.82, 2.24) is 5.32 Å². The lowest BCUT2D eigenvalue weighted by Gasteiger charge is -2.21. The van der Waals surface area contributed by atoms with E-state index in [1.54, 1.807) is 6.92 Å². The molecule has 0 bridgehead atoms. The summed E-state index contributed by atoms with van der Waals surface area (Å²) in [4.78, 5) is 11.9. The predicted molar refractivity (Wildman–Crippen MR) is 73.7 cm³/mol. The summed E-state index contributed by atoms with van der Waals surface area (Å²) in [5, 5.41) is 2.95. The highest BCUT2D eigenvalue weighted by molar-refractivity contribution is 5.81. The molecule has 3 heteroatoms. The Hall–Kier alpha value is -1.51. The van der Waals surface area contributed by atoms with Gasteiger partial charge in [0.15, 0.2) is 6.10 Å². The molecule has 0 aliphatic carbocycles. The summed E-state index contributed by atoms with van der Waals surface area (Å²) in [5.41, 5.74) is 1.12. The Balaban J connectivity index is 2.55. The average molecular weight is 249 g/mol. The quantitative estimate of drug-likeness (QED) is 0.871. The van der Waals surface area contributed by atoms with Crippen molar-refractivity contribution in [3.8, 4) is 5.75 Å². The lowest BCUT2D eigenvalue weighted by molar-refractivity contribution is -0.128. The Kier molecular flexibility index (Phi) is 5.20. The van der Waals surface area contributed by atoms with Crippen molar-refractivity contribution >= 4 is 5.91 Å². The van der Waals surface area contributed by atoms with Crippen LogP contribution in [0.4, 0.5) is 0 Å². The second-order valence-electron chi connectivity index (χ2n) is 5.12. The van der Waals surface area contributed by atoms with E-state index in [9.17, 15) is 4.79 Å². The topological polar surface area (TPSA) is 38.3 Å². The molecular formula is C15H23NO2. The molecule has 0 fully saturated rings. The van der Waals surface area contributed by atoms with Crippen molar-refractivity contribution in [2.75, 3.05) is 0 Å². The number of amides is 1. The van der Waals surface area contributed by atoms with Crippen LogP contribution in [-0.4, -0.2) is 18.1 Å². The molecule has 0 aliphatic heterocycles. The Labute approximate surface area is 110 Å². The molecule has 0 spiro atoms. The number of hydrogen-bond acceptors (Lipinski definition) is 2. The van der Waals surface area contributed by atoms with E-state index in [0.717, 1.165) is 11.3 Å². The maximum atomic E-state index is 11.9. The standard InChI is InChI=1S/C15H23NO2/c1-10(2)12(4)16-15(17)13(5)18-14-8-6-7-11(3)9-14/h6-10,12-13H,1-5H3,(H,16,17). The highest BCUT2D eigenvalue weighted by Crippen LogP contribution is 2.14. The molecule has 2 atom stereocenters. The minimum atomic E-state index is -0.479. The average Bonchev–Trinajstić information content (AvgIpc) is 2.28. The first kappa shape index (κ1) is 14.6. The third kappa shape index (κ3) is 4.40. The molecule has 1 N–H and O–H groups in total. The first-order chi connectivity index (χ1) is 8.40. The summed E-state index contributed by atoms with van der Waals surface area (Å²) in [6.45, 7) is 9.93. The van der Waals surface area contributed by atoms with Gasteiger partial charge in [-0.3, -0.25) is 4.79 Å². The lowest BCUT2D eigenvalue weighted by atomic mass is 10.1. The van der Waals surface area contributed by atoms with Gasteiger partial charge in [-0.2, -0.15) is 0 Å². The molecule has 1 amide bonds. The molecule has 100 valence electrons. The van der Waals surface area contributed by atoms with E-state index in [0.29, 0.717) is 5.92 Å². The molecule has 2 unspecified atom stereocenters. The summed E-state index contributed by atoms with van der Waals surface area (Å²) >= 11 is 0. The monoisotopic (exact) mass is 249 g/mol. The SMILES string of the molecule is Cc1cccc(OC(C)C(=O)NC(C)C(C)C)c1. The largest absolute Gasteiger partial charge is 0.481 e. The van der Waals surface area contributed by atoms with Crippen LogP contribution in [0.5, 0.6) is 5.75 Å². The molecule has 18 heavy (non-hydrogen) atoms. The van der Waals surface area contributed by atoms with Crippen LogP contribution in [0.3, 0.4) is 0 Å². The number of hydrogen-bond donors (Lipinski definition) is 1. The zero-order valence-corrected chi connectivity index (χ0v) is 11.9. The van der Waals surface area contributed by atoms with Gasteiger partial charge in [0.05, 0.1) is 0 Å². The molecule has 0 aliphatic rings. The molecule has 0 heterocycles. The summed E-state index contributed by atoms with van der Waals surface area (Å²) in [6, 6.07) is 7.86. The molecule has 1 aromatic rings. The lowest BCUT2D eigenvalue weighted by Crippen LogP contribution is -2.43. The molecule has 1 rings (SSSR count). The van der Waals surface area contributed by atoms with Crippen LogP contribution in [0.2, 0.25) is 0 Å². The van der Waals surface area contributed by atoms with Crippen LogP contribution in [-0.2, 0) is 4.79 Å². The minimum Gasteiger partial charge on any atom is -0.481 e. The van der Waals surface area contributed by atoms with E-state index < -0.39 is 6.10 Å². The third-order valence-electron chi connectivity index (χ3n) is 3.04. The van der Waals surface area contributed by atoms with E-state index in [1.807, 2.05) is 38.1 Å². The van der Waals surface area contributed by atoms with Gasteiger partial charge in [0, 0.05) is 6.04 Å². The summed E-state index contributed by atoms with van der Waals surface area (Å²) in [5.74, 6) is 1.08. The zero-order chi connectivity index (χ0) is 13.7. The van der Waals surface area contributed by atoms with Crippen molar-refractivity contribution in [1.29, 1.82) is 0 Å². The Morgan fingerprint density at radius 3 is 2.44 bits per heavy atom. The van der Waals surface area contributed by atoms with Crippen molar-refractivity contribution < 1.29 is 9.53 Å². The summed E-state index contributed by atoms with van der Waals surface area (Å²) in [6.07, 6.45) is -0.479. The summed E-state index contributed by atoms with van der Waals surface area (Å²) in [7, 11) is 0. The number of nitrogens with one attached hydrogen (secondary N) is 1. The molecule has 0 saturated heterocycles. The molecule has 1 aromatic carbocycles. The number of benzene rings is 1. The van der Waals surface area contributed by atoms with Gasteiger partial charge >= 0.3 is 0 Å². The van der Waals surface area contributed by atoms with Crippen LogP contribution in [0, 0.1) is 12.8 Å². The van der Waals surface area contributed by atoms with Crippen LogP contribution < -0.4 is 10.1 Å². The number of aryl methyl sites for hydroxylation is 1. The van der Waals surface area contributed by atoms with Gasteiger partial charge in [-0.15, -0.1) is 0 Å². The van der Waals surface area contributed by atoms with E-state index >= 15 is 0 Å². The molecule has 3 nitrogen and oxygen atoms in total. The Morgan fingerprint density at radius 2 is 1.89 bits per heavy atom. The van der Waals surface area contributed by atoms with E-state index in [2.05, 4.69) is 19.2 Å². The molecule has 0 radical (unpaired) electrons. The van der Waals surface area contributed by atoms with Gasteiger partial charge in [-0.25, -0.2) is 0 Å². The van der Waals surface area contributed by atoms with Gasteiger partial charge < -0.3 is 10.1 Å². The van der Waals surface area contributed by atoms with Gasteiger partial charge in [0.25, 0.3) is 5.91 Å². The van der Waals surface area contributed by atoms with Crippen molar-refractivity contribution in [3.63, 3.8) is 0 Å². The fraction of sp³-hybridized carbons (Fsp3) is 0.533. The van der Waals surface area contributed by atoms with Crippen molar-refractivity contribution in [2.45, 2.75) is 46.8 Å². The normalized spacial score (nSPS) is 14.1. The van der Waals surface area contributed by atoms with Crippen molar-refractivity contribution in [3.05, 3.63) is 29.8 Å². The van der Waals surface area contributed by atoms with Crippen LogP contribution in [0.25, 0.3) is 0 Å². The number of rotatable bonds is 5. The molecular weight excluding hydrogens is 226 g/mol. The Morgan fingerprint density at radius 1 is 1.22 bits per heavy atom. The summed E-state index contributed by atoms with van der Waals surface area (Å²) < 4.78 is 5.63. The van der Waals surface area contributed by atoms with Crippen LogP contribution in [0.1, 0.15) is 33.3 Å². The highest BCUT2D eigenvalue weighted by Gasteiger charge is 2.18. The van der Waals surface area contributed by atoms with Gasteiger partial charge in [0.1, 0.15) is 5.75 Å². The second kappa shape index (κ2) is 6.43. The first-order valence-corrected chi connectivity index (χ1v) is 6.44. The number of carbonyl (C=O) groups excluding carboxylic acids is 1. The predicted octanol–water partition coefficient (Wildman–Crippen LogP) is 2.92. The van der Waals surface area contributed by atoms with Gasteiger partial charge in [-0.05, 0) is 44.4 Å². The number of carbonyl (C=O) groups is 1. The highest BCUT2D eigenvalue weighted by atomic mass is 16.5. The molecule has 0 saturated carbocycles. The second-order valence-corrected chi connectivity index (χ2v) is 5.12. The maximum absolute atomic E-state index is 11.9. The fourth-order valence-corrected chi connectivity index (χ4v) is 1.45. The van der Waals surface area contributed by atoms with E-state index in [-0.39, 0.29) is 11.9 Å². The zero-order valence-electron chi connectivity index (χ0n) is 11.9. The van der Waals surface area contributed by atoms with Gasteiger partial charge in [-0.1, -0.05) is 26.0 Å². The number of ether oxygens (including phenoxy) is 1. The minimum absolute atomic E-state index is 0.0716. The smallest absolute Gasteiger partial charge is 0.260 e. The maximum Gasteiger partial charge on any atom is 0.260 e. The Bertz CT molecular complexity index is 401. The third-order valence-corrected chi connectivity index (χ3v) is 3.04. The first-order valence-electron chi connectivity index (χ1n) is 6.44. The van der Waals surface area contributed by atoms with E-state index in [1.165, 1.54) is 0 Å².